The Morgan fingerprint density at radius 2 is 2.11 bits per heavy atom. The molecule has 0 radical (unpaired) electrons. The van der Waals surface area contributed by atoms with Crippen molar-refractivity contribution >= 4 is 5.97 Å². The number of hydrogen-bond donors (Lipinski definition) is 0. The molecule has 19 heavy (non-hydrogen) atoms. The Balaban J connectivity index is 3.40. The highest BCUT2D eigenvalue weighted by Gasteiger charge is 2.22. The van der Waals surface area contributed by atoms with Gasteiger partial charge in [-0.05, 0) is 31.0 Å². The highest BCUT2D eigenvalue weighted by Crippen LogP contribution is 2.28. The first-order chi connectivity index (χ1) is 9.04. The molecule has 0 heterocycles. The number of halogens is 2. The third-order valence-corrected chi connectivity index (χ3v) is 2.44. The quantitative estimate of drug-likeness (QED) is 0.771. The molecule has 0 aliphatic carbocycles. The van der Waals surface area contributed by atoms with Crippen molar-refractivity contribution in [1.29, 1.82) is 5.26 Å². The van der Waals surface area contributed by atoms with Crippen LogP contribution in [0.25, 0.3) is 0 Å². The van der Waals surface area contributed by atoms with Gasteiger partial charge in [0.15, 0.2) is 0 Å². The second-order valence-electron chi connectivity index (χ2n) is 3.53. The van der Waals surface area contributed by atoms with Crippen LogP contribution in [-0.4, -0.2) is 19.2 Å². The first-order valence-corrected chi connectivity index (χ1v) is 5.73. The summed E-state index contributed by atoms with van der Waals surface area (Å²) in [5, 5.41) is 8.97. The van der Waals surface area contributed by atoms with E-state index in [2.05, 4.69) is 4.74 Å². The van der Waals surface area contributed by atoms with Crippen molar-refractivity contribution in [1.82, 2.24) is 0 Å². The topological polar surface area (TPSA) is 59.3 Å². The molecule has 0 saturated heterocycles. The number of nitriles is 1. The van der Waals surface area contributed by atoms with Crippen LogP contribution in [0.3, 0.4) is 0 Å². The molecule has 0 atom stereocenters. The summed E-state index contributed by atoms with van der Waals surface area (Å²) >= 11 is 0. The van der Waals surface area contributed by atoms with Gasteiger partial charge in [0.25, 0.3) is 0 Å². The van der Waals surface area contributed by atoms with Crippen LogP contribution in [0.2, 0.25) is 0 Å². The van der Waals surface area contributed by atoms with E-state index in [4.69, 9.17) is 10.00 Å². The Morgan fingerprint density at radius 1 is 1.42 bits per heavy atom. The molecule has 102 valence electrons. The second kappa shape index (κ2) is 6.69. The molecule has 0 saturated carbocycles. The molecule has 0 unspecified atom stereocenters. The van der Waals surface area contributed by atoms with Crippen LogP contribution in [0.4, 0.5) is 8.78 Å². The third kappa shape index (κ3) is 3.41. The lowest BCUT2D eigenvalue weighted by molar-refractivity contribution is -0.0505. The van der Waals surface area contributed by atoms with Crippen molar-refractivity contribution in [3.8, 4) is 11.8 Å². The Bertz CT molecular complexity index is 509. The third-order valence-electron chi connectivity index (χ3n) is 2.44. The summed E-state index contributed by atoms with van der Waals surface area (Å²) in [5.41, 5.74) is 0.481. The lowest BCUT2D eigenvalue weighted by atomic mass is 9.98. The minimum Gasteiger partial charge on any atom is -0.462 e. The number of ether oxygens (including phenoxy) is 2. The highest BCUT2D eigenvalue weighted by molar-refractivity contribution is 5.95. The molecular formula is C13H13F2NO3. The zero-order chi connectivity index (χ0) is 14.4. The summed E-state index contributed by atoms with van der Waals surface area (Å²) in [6.45, 7) is 0.370. The van der Waals surface area contributed by atoms with Crippen LogP contribution in [0, 0.1) is 11.3 Å². The molecule has 1 rings (SSSR count). The molecule has 0 N–H and O–H groups in total. The van der Waals surface area contributed by atoms with Crippen molar-refractivity contribution < 1.29 is 23.0 Å². The standard InChI is InChI=1S/C13H13F2NO3/c1-3-9-8(7-16)5-6-10(19-13(14)15)11(9)12(17)18-4-2/h5-6,13H,3-4H2,1-2H3. The van der Waals surface area contributed by atoms with Crippen LogP contribution >= 0.6 is 0 Å². The van der Waals surface area contributed by atoms with E-state index in [1.165, 1.54) is 12.1 Å². The van der Waals surface area contributed by atoms with Crippen LogP contribution in [0.5, 0.6) is 5.75 Å². The van der Waals surface area contributed by atoms with E-state index in [-0.39, 0.29) is 23.5 Å². The van der Waals surface area contributed by atoms with E-state index in [1.54, 1.807) is 13.8 Å². The molecule has 0 spiro atoms. The molecular weight excluding hydrogens is 256 g/mol. The average molecular weight is 269 g/mol. The van der Waals surface area contributed by atoms with Gasteiger partial charge in [-0.15, -0.1) is 0 Å². The van der Waals surface area contributed by atoms with E-state index in [9.17, 15) is 13.6 Å². The van der Waals surface area contributed by atoms with Gasteiger partial charge in [0.2, 0.25) is 0 Å². The van der Waals surface area contributed by atoms with E-state index in [0.29, 0.717) is 12.0 Å². The molecule has 1 aromatic carbocycles. The van der Waals surface area contributed by atoms with Gasteiger partial charge in [-0.3, -0.25) is 0 Å². The van der Waals surface area contributed by atoms with Gasteiger partial charge in [0, 0.05) is 0 Å². The summed E-state index contributed by atoms with van der Waals surface area (Å²) in [5.74, 6) is -1.04. The predicted octanol–water partition coefficient (Wildman–Crippen LogP) is 2.90. The van der Waals surface area contributed by atoms with Crippen LogP contribution in [-0.2, 0) is 11.2 Å². The lowest BCUT2D eigenvalue weighted by Gasteiger charge is -2.14. The van der Waals surface area contributed by atoms with Crippen LogP contribution in [0.15, 0.2) is 12.1 Å². The summed E-state index contributed by atoms with van der Waals surface area (Å²) in [6, 6.07) is 4.44. The lowest BCUT2D eigenvalue weighted by Crippen LogP contribution is -2.14. The molecule has 6 heteroatoms. The number of carbonyl (C=O) groups is 1. The predicted molar refractivity (Wildman–Crippen MR) is 63.1 cm³/mol. The van der Waals surface area contributed by atoms with Gasteiger partial charge < -0.3 is 9.47 Å². The van der Waals surface area contributed by atoms with E-state index < -0.39 is 12.6 Å². The zero-order valence-electron chi connectivity index (χ0n) is 10.6. The number of nitrogens with zero attached hydrogens (tertiary/aromatic N) is 1. The number of esters is 1. The molecule has 0 aromatic heterocycles. The largest absolute Gasteiger partial charge is 0.462 e. The SMILES string of the molecule is CCOC(=O)c1c(OC(F)F)ccc(C#N)c1CC. The summed E-state index contributed by atoms with van der Waals surface area (Å²) < 4.78 is 33.8. The van der Waals surface area contributed by atoms with Gasteiger partial charge in [-0.25, -0.2) is 4.79 Å². The van der Waals surface area contributed by atoms with Crippen molar-refractivity contribution in [2.45, 2.75) is 26.9 Å². The first-order valence-electron chi connectivity index (χ1n) is 5.73. The first kappa shape index (κ1) is 14.9. The maximum atomic E-state index is 12.3. The Hall–Kier alpha value is -2.16. The fourth-order valence-electron chi connectivity index (χ4n) is 1.72. The molecule has 1 aromatic rings. The number of benzene rings is 1. The fourth-order valence-corrected chi connectivity index (χ4v) is 1.72. The second-order valence-corrected chi connectivity index (χ2v) is 3.53. The Labute approximate surface area is 109 Å². The van der Waals surface area contributed by atoms with E-state index in [0.717, 1.165) is 0 Å². The van der Waals surface area contributed by atoms with Gasteiger partial charge in [-0.1, -0.05) is 6.92 Å². The van der Waals surface area contributed by atoms with Crippen LogP contribution < -0.4 is 4.74 Å². The maximum absolute atomic E-state index is 12.3. The summed E-state index contributed by atoms with van der Waals surface area (Å²) in [6.07, 6.45) is 0.331. The Kier molecular flexibility index (Phi) is 5.24. The number of carbonyl (C=O) groups excluding carboxylic acids is 1. The summed E-state index contributed by atoms with van der Waals surface area (Å²) in [7, 11) is 0. The average Bonchev–Trinajstić information content (AvgIpc) is 2.37. The van der Waals surface area contributed by atoms with Gasteiger partial charge >= 0.3 is 12.6 Å². The van der Waals surface area contributed by atoms with Crippen molar-refractivity contribution in [2.75, 3.05) is 6.61 Å². The molecule has 0 amide bonds. The molecule has 0 aliphatic rings. The van der Waals surface area contributed by atoms with Crippen molar-refractivity contribution in [2.24, 2.45) is 0 Å². The van der Waals surface area contributed by atoms with E-state index >= 15 is 0 Å². The fraction of sp³-hybridized carbons (Fsp3) is 0.385. The molecule has 0 aliphatic heterocycles. The highest BCUT2D eigenvalue weighted by atomic mass is 19.3. The van der Waals surface area contributed by atoms with Crippen molar-refractivity contribution in [3.63, 3.8) is 0 Å². The van der Waals surface area contributed by atoms with Gasteiger partial charge in [0.05, 0.1) is 18.2 Å². The van der Waals surface area contributed by atoms with E-state index in [1.807, 2.05) is 6.07 Å². The molecule has 0 bridgehead atoms. The minimum atomic E-state index is -3.05. The monoisotopic (exact) mass is 269 g/mol. The Morgan fingerprint density at radius 3 is 2.58 bits per heavy atom. The van der Waals surface area contributed by atoms with Gasteiger partial charge in [0.1, 0.15) is 11.3 Å². The molecule has 0 fully saturated rings. The smallest absolute Gasteiger partial charge is 0.387 e. The normalized spacial score (nSPS) is 10.1. The maximum Gasteiger partial charge on any atom is 0.387 e. The summed E-state index contributed by atoms with van der Waals surface area (Å²) in [4.78, 5) is 11.8. The van der Waals surface area contributed by atoms with Crippen molar-refractivity contribution in [3.05, 3.63) is 28.8 Å². The number of hydrogen-bond acceptors (Lipinski definition) is 4. The number of rotatable bonds is 5. The minimum absolute atomic E-state index is 0.104. The van der Waals surface area contributed by atoms with Gasteiger partial charge in [-0.2, -0.15) is 14.0 Å². The molecule has 4 nitrogen and oxygen atoms in total. The number of alkyl halides is 2. The van der Waals surface area contributed by atoms with Crippen LogP contribution in [0.1, 0.15) is 35.3 Å². The zero-order valence-corrected chi connectivity index (χ0v) is 10.6.